The van der Waals surface area contributed by atoms with Crippen molar-refractivity contribution >= 4 is 0 Å². The first-order chi connectivity index (χ1) is 9.28. The van der Waals surface area contributed by atoms with E-state index in [1.54, 1.807) is 6.20 Å². The van der Waals surface area contributed by atoms with Crippen LogP contribution in [0.1, 0.15) is 19.5 Å². The van der Waals surface area contributed by atoms with E-state index in [4.69, 9.17) is 15.2 Å². The first kappa shape index (κ1) is 13.4. The number of rotatable bonds is 6. The van der Waals surface area contributed by atoms with Gasteiger partial charge in [-0.05, 0) is 32.0 Å². The van der Waals surface area contributed by atoms with Gasteiger partial charge in [-0.1, -0.05) is 0 Å². The molecule has 0 saturated heterocycles. The summed E-state index contributed by atoms with van der Waals surface area (Å²) >= 11 is 0. The first-order valence-corrected chi connectivity index (χ1v) is 6.42. The molecule has 1 aromatic carbocycles. The molecule has 0 aliphatic heterocycles. The van der Waals surface area contributed by atoms with E-state index >= 15 is 0 Å². The van der Waals surface area contributed by atoms with Crippen LogP contribution in [0.25, 0.3) is 11.4 Å². The third kappa shape index (κ3) is 3.06. The second kappa shape index (κ2) is 6.24. The summed E-state index contributed by atoms with van der Waals surface area (Å²) in [7, 11) is 0. The molecule has 102 valence electrons. The molecule has 1 aromatic heterocycles. The molecule has 2 rings (SSSR count). The van der Waals surface area contributed by atoms with Crippen molar-refractivity contribution in [3.05, 3.63) is 30.1 Å². The monoisotopic (exact) mass is 261 g/mol. The maximum Gasteiger partial charge on any atom is 0.161 e. The standard InChI is InChI=1S/C14H19N3O2/c1-3-18-12-6-5-10(7-13(12)19-4-2)14-16-9-11(8-15)17-14/h5-7,9H,3-4,8,15H2,1-2H3,(H,16,17). The Morgan fingerprint density at radius 3 is 2.53 bits per heavy atom. The maximum atomic E-state index is 5.59. The fourth-order valence-corrected chi connectivity index (χ4v) is 1.81. The minimum atomic E-state index is 0.447. The molecule has 0 fully saturated rings. The van der Waals surface area contributed by atoms with Crippen LogP contribution in [0.5, 0.6) is 11.5 Å². The Morgan fingerprint density at radius 2 is 1.89 bits per heavy atom. The number of nitrogens with one attached hydrogen (secondary N) is 1. The highest BCUT2D eigenvalue weighted by Crippen LogP contribution is 2.31. The van der Waals surface area contributed by atoms with Crippen molar-refractivity contribution < 1.29 is 9.47 Å². The Balaban J connectivity index is 2.33. The summed E-state index contributed by atoms with van der Waals surface area (Å²) in [6.45, 7) is 5.54. The van der Waals surface area contributed by atoms with E-state index in [0.717, 1.165) is 28.6 Å². The number of hydrogen-bond donors (Lipinski definition) is 2. The van der Waals surface area contributed by atoms with Gasteiger partial charge in [0.2, 0.25) is 0 Å². The van der Waals surface area contributed by atoms with Gasteiger partial charge in [-0.25, -0.2) is 4.98 Å². The second-order valence-corrected chi connectivity index (χ2v) is 3.99. The van der Waals surface area contributed by atoms with Gasteiger partial charge < -0.3 is 20.2 Å². The Kier molecular flexibility index (Phi) is 4.41. The average molecular weight is 261 g/mol. The first-order valence-electron chi connectivity index (χ1n) is 6.42. The summed E-state index contributed by atoms with van der Waals surface area (Å²) < 4.78 is 11.1. The number of ether oxygens (including phenoxy) is 2. The van der Waals surface area contributed by atoms with E-state index in [1.807, 2.05) is 32.0 Å². The van der Waals surface area contributed by atoms with E-state index in [9.17, 15) is 0 Å². The maximum absolute atomic E-state index is 5.59. The van der Waals surface area contributed by atoms with Gasteiger partial charge in [0.25, 0.3) is 0 Å². The van der Waals surface area contributed by atoms with E-state index in [2.05, 4.69) is 9.97 Å². The molecule has 5 nitrogen and oxygen atoms in total. The van der Waals surface area contributed by atoms with Gasteiger partial charge in [-0.2, -0.15) is 0 Å². The number of aromatic nitrogens is 2. The normalized spacial score (nSPS) is 10.5. The summed E-state index contributed by atoms with van der Waals surface area (Å²) in [5.74, 6) is 2.26. The molecule has 0 bridgehead atoms. The van der Waals surface area contributed by atoms with Gasteiger partial charge in [-0.15, -0.1) is 0 Å². The van der Waals surface area contributed by atoms with Crippen LogP contribution in [-0.4, -0.2) is 23.2 Å². The topological polar surface area (TPSA) is 73.2 Å². The number of imidazole rings is 1. The Bertz CT molecular complexity index is 537. The van der Waals surface area contributed by atoms with Gasteiger partial charge >= 0.3 is 0 Å². The van der Waals surface area contributed by atoms with Crippen molar-refractivity contribution in [1.29, 1.82) is 0 Å². The molecule has 0 spiro atoms. The molecule has 0 radical (unpaired) electrons. The lowest BCUT2D eigenvalue weighted by atomic mass is 10.2. The lowest BCUT2D eigenvalue weighted by Crippen LogP contribution is -1.99. The van der Waals surface area contributed by atoms with Crippen molar-refractivity contribution in [1.82, 2.24) is 9.97 Å². The summed E-state index contributed by atoms with van der Waals surface area (Å²) in [6, 6.07) is 5.77. The average Bonchev–Trinajstić information content (AvgIpc) is 2.90. The quantitative estimate of drug-likeness (QED) is 0.837. The van der Waals surface area contributed by atoms with Gasteiger partial charge in [0.05, 0.1) is 13.2 Å². The highest BCUT2D eigenvalue weighted by molar-refractivity contribution is 5.61. The lowest BCUT2D eigenvalue weighted by molar-refractivity contribution is 0.288. The molecule has 0 aliphatic rings. The summed E-state index contributed by atoms with van der Waals surface area (Å²) in [4.78, 5) is 7.47. The minimum Gasteiger partial charge on any atom is -0.490 e. The van der Waals surface area contributed by atoms with Crippen LogP contribution < -0.4 is 15.2 Å². The van der Waals surface area contributed by atoms with Gasteiger partial charge in [0, 0.05) is 24.0 Å². The van der Waals surface area contributed by atoms with Crippen molar-refractivity contribution in [3.63, 3.8) is 0 Å². The zero-order chi connectivity index (χ0) is 13.7. The largest absolute Gasteiger partial charge is 0.490 e. The van der Waals surface area contributed by atoms with Crippen LogP contribution in [0, 0.1) is 0 Å². The van der Waals surface area contributed by atoms with Gasteiger partial charge in [0.1, 0.15) is 5.82 Å². The molecule has 3 N–H and O–H groups in total. The molecule has 0 unspecified atom stereocenters. The van der Waals surface area contributed by atoms with Crippen molar-refractivity contribution in [2.75, 3.05) is 13.2 Å². The number of H-pyrrole nitrogens is 1. The summed E-state index contributed by atoms with van der Waals surface area (Å²) in [5, 5.41) is 0. The van der Waals surface area contributed by atoms with Crippen LogP contribution in [0.15, 0.2) is 24.4 Å². The molecule has 0 saturated carbocycles. The number of nitrogens with zero attached hydrogens (tertiary/aromatic N) is 1. The molecular weight excluding hydrogens is 242 g/mol. The Morgan fingerprint density at radius 1 is 1.16 bits per heavy atom. The van der Waals surface area contributed by atoms with Crippen molar-refractivity contribution in [2.24, 2.45) is 5.73 Å². The number of aromatic amines is 1. The third-order valence-corrected chi connectivity index (χ3v) is 2.67. The molecule has 0 atom stereocenters. The van der Waals surface area contributed by atoms with Crippen molar-refractivity contribution in [3.8, 4) is 22.9 Å². The molecule has 0 amide bonds. The highest BCUT2D eigenvalue weighted by atomic mass is 16.5. The van der Waals surface area contributed by atoms with Gasteiger partial charge in [0.15, 0.2) is 11.5 Å². The molecule has 2 aromatic rings. The zero-order valence-corrected chi connectivity index (χ0v) is 11.3. The molecule has 0 aliphatic carbocycles. The van der Waals surface area contributed by atoms with Crippen LogP contribution in [0.2, 0.25) is 0 Å². The lowest BCUT2D eigenvalue weighted by Gasteiger charge is -2.11. The molecule has 19 heavy (non-hydrogen) atoms. The number of benzene rings is 1. The molecule has 5 heteroatoms. The number of nitrogens with two attached hydrogens (primary N) is 1. The fraction of sp³-hybridized carbons (Fsp3) is 0.357. The van der Waals surface area contributed by atoms with E-state index in [0.29, 0.717) is 19.8 Å². The molecule has 1 heterocycles. The van der Waals surface area contributed by atoms with E-state index in [1.165, 1.54) is 0 Å². The van der Waals surface area contributed by atoms with E-state index in [-0.39, 0.29) is 0 Å². The van der Waals surface area contributed by atoms with Crippen LogP contribution >= 0.6 is 0 Å². The third-order valence-electron chi connectivity index (χ3n) is 2.67. The predicted octanol–water partition coefficient (Wildman–Crippen LogP) is 2.33. The molecular formula is C14H19N3O2. The zero-order valence-electron chi connectivity index (χ0n) is 11.3. The van der Waals surface area contributed by atoms with Gasteiger partial charge in [-0.3, -0.25) is 0 Å². The summed E-state index contributed by atoms with van der Waals surface area (Å²) in [6.07, 6.45) is 1.74. The second-order valence-electron chi connectivity index (χ2n) is 3.99. The predicted molar refractivity (Wildman–Crippen MR) is 74.3 cm³/mol. The Labute approximate surface area is 112 Å². The fourth-order valence-electron chi connectivity index (χ4n) is 1.81. The summed E-state index contributed by atoms with van der Waals surface area (Å²) in [5.41, 5.74) is 7.42. The van der Waals surface area contributed by atoms with Crippen LogP contribution in [0.3, 0.4) is 0 Å². The Hall–Kier alpha value is -2.01. The van der Waals surface area contributed by atoms with Crippen LogP contribution in [-0.2, 0) is 6.54 Å². The van der Waals surface area contributed by atoms with Crippen LogP contribution in [0.4, 0.5) is 0 Å². The highest BCUT2D eigenvalue weighted by Gasteiger charge is 2.09. The van der Waals surface area contributed by atoms with Crippen molar-refractivity contribution in [2.45, 2.75) is 20.4 Å². The smallest absolute Gasteiger partial charge is 0.161 e. The SMILES string of the molecule is CCOc1ccc(-c2ncc(CN)[nH]2)cc1OCC. The van der Waals surface area contributed by atoms with E-state index < -0.39 is 0 Å². The number of hydrogen-bond acceptors (Lipinski definition) is 4. The minimum absolute atomic E-state index is 0.447.